The summed E-state index contributed by atoms with van der Waals surface area (Å²) in [6.45, 7) is 1.61. The van der Waals surface area contributed by atoms with Gasteiger partial charge in [-0.1, -0.05) is 60.7 Å². The van der Waals surface area contributed by atoms with Crippen molar-refractivity contribution in [3.63, 3.8) is 0 Å². The first-order valence-electron chi connectivity index (χ1n) is 9.13. The Morgan fingerprint density at radius 2 is 1.54 bits per heavy atom. The summed E-state index contributed by atoms with van der Waals surface area (Å²) in [6, 6.07) is 19.7. The largest absolute Gasteiger partial charge is 0.480 e. The number of rotatable bonds is 5. The smallest absolute Gasteiger partial charge is 0.271 e. The molecule has 0 unspecified atom stereocenters. The highest BCUT2D eigenvalue weighted by Gasteiger charge is 2.42. The van der Waals surface area contributed by atoms with Crippen LogP contribution in [0.2, 0.25) is 0 Å². The fraction of sp³-hybridized carbons (Fsp3) is 0.318. The fourth-order valence-corrected chi connectivity index (χ4v) is 3.44. The minimum Gasteiger partial charge on any atom is -0.480 e. The van der Waals surface area contributed by atoms with Crippen LogP contribution < -0.4 is 0 Å². The van der Waals surface area contributed by atoms with E-state index in [4.69, 9.17) is 4.74 Å². The standard InChI is InChI=1S/C22H23NO3/c1-15(24)21-22(25)23(14-19(26-21)16-12-13-16)20(17-8-4-2-5-9-17)18-10-6-3-7-11-18/h2-11,14-16,20-21,24H,12-13H2,1H3/t15-,21+/m1/s1. The molecule has 134 valence electrons. The molecular formula is C22H23NO3. The summed E-state index contributed by atoms with van der Waals surface area (Å²) in [5.74, 6) is 0.966. The van der Waals surface area contributed by atoms with Crippen LogP contribution in [0.15, 0.2) is 72.6 Å². The van der Waals surface area contributed by atoms with Gasteiger partial charge in [-0.2, -0.15) is 0 Å². The summed E-state index contributed by atoms with van der Waals surface area (Å²) >= 11 is 0. The van der Waals surface area contributed by atoms with Crippen molar-refractivity contribution in [3.8, 4) is 0 Å². The molecule has 2 aromatic carbocycles. The van der Waals surface area contributed by atoms with Gasteiger partial charge in [-0.25, -0.2) is 0 Å². The van der Waals surface area contributed by atoms with Crippen LogP contribution in [0.25, 0.3) is 0 Å². The number of nitrogens with zero attached hydrogens (tertiary/aromatic N) is 1. The monoisotopic (exact) mass is 349 g/mol. The maximum absolute atomic E-state index is 13.1. The summed E-state index contributed by atoms with van der Waals surface area (Å²) in [5, 5.41) is 10.1. The van der Waals surface area contributed by atoms with Crippen molar-refractivity contribution >= 4 is 5.91 Å². The van der Waals surface area contributed by atoms with Crippen LogP contribution in [-0.4, -0.2) is 28.1 Å². The molecule has 4 heteroatoms. The predicted molar refractivity (Wildman–Crippen MR) is 98.9 cm³/mol. The third kappa shape index (κ3) is 3.25. The molecule has 0 aromatic heterocycles. The molecule has 2 aliphatic rings. The second kappa shape index (κ2) is 6.96. The highest BCUT2D eigenvalue weighted by molar-refractivity contribution is 5.84. The molecule has 26 heavy (non-hydrogen) atoms. The number of carbonyl (C=O) groups is 1. The average Bonchev–Trinajstić information content (AvgIpc) is 3.50. The Morgan fingerprint density at radius 1 is 1.00 bits per heavy atom. The average molecular weight is 349 g/mol. The molecule has 0 bridgehead atoms. The van der Waals surface area contributed by atoms with Crippen LogP contribution in [0, 0.1) is 5.92 Å². The first kappa shape index (κ1) is 16.9. The topological polar surface area (TPSA) is 49.8 Å². The highest BCUT2D eigenvalue weighted by Crippen LogP contribution is 2.42. The Labute approximate surface area is 153 Å². The summed E-state index contributed by atoms with van der Waals surface area (Å²) < 4.78 is 5.86. The van der Waals surface area contributed by atoms with Crippen molar-refractivity contribution in [2.75, 3.05) is 0 Å². The molecule has 0 saturated heterocycles. The number of carbonyl (C=O) groups excluding carboxylic acids is 1. The van der Waals surface area contributed by atoms with Crippen molar-refractivity contribution in [2.45, 2.75) is 38.0 Å². The van der Waals surface area contributed by atoms with Gasteiger partial charge in [0.15, 0.2) is 0 Å². The molecule has 4 nitrogen and oxygen atoms in total. The molecule has 0 radical (unpaired) electrons. The molecule has 1 aliphatic heterocycles. The molecule has 1 aliphatic carbocycles. The van der Waals surface area contributed by atoms with E-state index in [2.05, 4.69) is 0 Å². The molecule has 1 fully saturated rings. The van der Waals surface area contributed by atoms with Gasteiger partial charge >= 0.3 is 0 Å². The van der Waals surface area contributed by atoms with Gasteiger partial charge in [0.1, 0.15) is 5.76 Å². The zero-order valence-corrected chi connectivity index (χ0v) is 14.8. The van der Waals surface area contributed by atoms with Gasteiger partial charge in [-0.15, -0.1) is 0 Å². The van der Waals surface area contributed by atoms with Gasteiger partial charge < -0.3 is 14.7 Å². The lowest BCUT2D eigenvalue weighted by atomic mass is 9.96. The number of aliphatic hydroxyl groups excluding tert-OH is 1. The molecule has 1 heterocycles. The third-order valence-electron chi connectivity index (χ3n) is 4.95. The van der Waals surface area contributed by atoms with E-state index in [1.54, 1.807) is 11.8 Å². The van der Waals surface area contributed by atoms with E-state index in [1.165, 1.54) is 0 Å². The van der Waals surface area contributed by atoms with Crippen molar-refractivity contribution in [1.29, 1.82) is 0 Å². The number of allylic oxidation sites excluding steroid dienone is 1. The van der Waals surface area contributed by atoms with Crippen LogP contribution in [0.3, 0.4) is 0 Å². The van der Waals surface area contributed by atoms with Crippen LogP contribution in [0.4, 0.5) is 0 Å². The van der Waals surface area contributed by atoms with E-state index in [0.29, 0.717) is 5.92 Å². The molecule has 1 saturated carbocycles. The second-order valence-corrected chi connectivity index (χ2v) is 7.05. The highest BCUT2D eigenvalue weighted by atomic mass is 16.5. The molecular weight excluding hydrogens is 326 g/mol. The molecule has 2 aromatic rings. The van der Waals surface area contributed by atoms with Crippen molar-refractivity contribution in [1.82, 2.24) is 4.90 Å². The Hall–Kier alpha value is -2.59. The first-order chi connectivity index (χ1) is 12.6. The van der Waals surface area contributed by atoms with E-state index >= 15 is 0 Å². The summed E-state index contributed by atoms with van der Waals surface area (Å²) in [7, 11) is 0. The van der Waals surface area contributed by atoms with Crippen LogP contribution in [0.5, 0.6) is 0 Å². The molecule has 2 atom stereocenters. The van der Waals surface area contributed by atoms with Gasteiger partial charge in [-0.3, -0.25) is 4.79 Å². The van der Waals surface area contributed by atoms with Gasteiger partial charge in [-0.05, 0) is 30.9 Å². The molecule has 0 spiro atoms. The number of hydrogen-bond acceptors (Lipinski definition) is 3. The lowest BCUT2D eigenvalue weighted by Crippen LogP contribution is -2.48. The zero-order valence-electron chi connectivity index (χ0n) is 14.8. The van der Waals surface area contributed by atoms with E-state index in [1.807, 2.05) is 66.9 Å². The minimum absolute atomic E-state index is 0.206. The summed E-state index contributed by atoms with van der Waals surface area (Å²) in [4.78, 5) is 14.9. The summed E-state index contributed by atoms with van der Waals surface area (Å²) in [5.41, 5.74) is 2.06. The molecule has 4 rings (SSSR count). The number of ether oxygens (including phenoxy) is 1. The maximum Gasteiger partial charge on any atom is 0.271 e. The SMILES string of the molecule is C[C@@H](O)[C@@H]1OC(C2CC2)=CN(C(c2ccccc2)c2ccccc2)C1=O. The van der Waals surface area contributed by atoms with Gasteiger partial charge in [0, 0.05) is 12.1 Å². The summed E-state index contributed by atoms with van der Waals surface area (Å²) in [6.07, 6.45) is 2.28. The van der Waals surface area contributed by atoms with Crippen molar-refractivity contribution in [3.05, 3.63) is 83.7 Å². The van der Waals surface area contributed by atoms with Gasteiger partial charge in [0.05, 0.1) is 12.1 Å². The van der Waals surface area contributed by atoms with E-state index in [0.717, 1.165) is 29.7 Å². The van der Waals surface area contributed by atoms with Gasteiger partial charge in [0.2, 0.25) is 6.10 Å². The normalized spacial score (nSPS) is 21.3. The van der Waals surface area contributed by atoms with Crippen LogP contribution in [-0.2, 0) is 9.53 Å². The maximum atomic E-state index is 13.1. The Kier molecular flexibility index (Phi) is 4.51. The van der Waals surface area contributed by atoms with E-state index < -0.39 is 12.2 Å². The van der Waals surface area contributed by atoms with Crippen LogP contribution >= 0.6 is 0 Å². The lowest BCUT2D eigenvalue weighted by Gasteiger charge is -2.38. The lowest BCUT2D eigenvalue weighted by molar-refractivity contribution is -0.150. The minimum atomic E-state index is -0.861. The van der Waals surface area contributed by atoms with Crippen molar-refractivity contribution in [2.24, 2.45) is 5.92 Å². The Morgan fingerprint density at radius 3 is 2.00 bits per heavy atom. The predicted octanol–water partition coefficient (Wildman–Crippen LogP) is 3.64. The third-order valence-corrected chi connectivity index (χ3v) is 4.95. The number of aliphatic hydroxyl groups is 1. The van der Waals surface area contributed by atoms with Crippen molar-refractivity contribution < 1.29 is 14.6 Å². The van der Waals surface area contributed by atoms with Crippen LogP contribution in [0.1, 0.15) is 36.9 Å². The number of amides is 1. The second-order valence-electron chi connectivity index (χ2n) is 7.05. The van der Waals surface area contributed by atoms with Gasteiger partial charge in [0.25, 0.3) is 5.91 Å². The quantitative estimate of drug-likeness (QED) is 0.897. The Balaban J connectivity index is 1.80. The first-order valence-corrected chi connectivity index (χ1v) is 9.13. The van der Waals surface area contributed by atoms with E-state index in [-0.39, 0.29) is 11.9 Å². The Bertz CT molecular complexity index is 757. The zero-order chi connectivity index (χ0) is 18.1. The molecule has 1 N–H and O–H groups in total. The number of hydrogen-bond donors (Lipinski definition) is 1. The fourth-order valence-electron chi connectivity index (χ4n) is 3.44. The number of benzene rings is 2. The molecule has 1 amide bonds. The van der Waals surface area contributed by atoms with E-state index in [9.17, 15) is 9.90 Å².